The Morgan fingerprint density at radius 3 is 2.81 bits per heavy atom. The van der Waals surface area contributed by atoms with E-state index in [9.17, 15) is 4.79 Å². The van der Waals surface area contributed by atoms with Gasteiger partial charge in [-0.3, -0.25) is 4.79 Å². The lowest BCUT2D eigenvalue weighted by atomic mass is 10.2. The summed E-state index contributed by atoms with van der Waals surface area (Å²) in [4.78, 5) is 17.1. The van der Waals surface area contributed by atoms with Crippen LogP contribution in [0.3, 0.4) is 0 Å². The van der Waals surface area contributed by atoms with E-state index in [1.807, 2.05) is 34.3 Å². The van der Waals surface area contributed by atoms with Crippen LogP contribution in [-0.2, 0) is 6.54 Å². The lowest BCUT2D eigenvalue weighted by molar-refractivity contribution is 0.0996. The van der Waals surface area contributed by atoms with Crippen LogP contribution in [0.2, 0.25) is 0 Å². The molecule has 2 aromatic heterocycles. The molecule has 106 valence electrons. The molecule has 0 saturated heterocycles. The summed E-state index contributed by atoms with van der Waals surface area (Å²) in [6.45, 7) is 2.45. The fourth-order valence-electron chi connectivity index (χ4n) is 2.04. The van der Waals surface area contributed by atoms with E-state index in [2.05, 4.69) is 17.1 Å². The van der Waals surface area contributed by atoms with Gasteiger partial charge in [-0.1, -0.05) is 30.3 Å². The van der Waals surface area contributed by atoms with Crippen LogP contribution in [0, 0.1) is 6.92 Å². The van der Waals surface area contributed by atoms with Crippen molar-refractivity contribution in [3.63, 3.8) is 0 Å². The summed E-state index contributed by atoms with van der Waals surface area (Å²) < 4.78 is 7.11. The van der Waals surface area contributed by atoms with Gasteiger partial charge in [-0.2, -0.15) is 4.99 Å². The normalized spacial score (nSPS) is 11.8. The lowest BCUT2D eigenvalue weighted by Gasteiger charge is -2.02. The molecule has 3 aromatic rings. The van der Waals surface area contributed by atoms with Gasteiger partial charge >= 0.3 is 0 Å². The fraction of sp³-hybridized carbons (Fsp3) is 0.125. The van der Waals surface area contributed by atoms with Crippen molar-refractivity contribution in [1.29, 1.82) is 0 Å². The molecule has 0 bridgehead atoms. The second-order valence-electron chi connectivity index (χ2n) is 4.61. The van der Waals surface area contributed by atoms with E-state index in [1.54, 1.807) is 13.0 Å². The smallest absolute Gasteiger partial charge is 0.283 e. The van der Waals surface area contributed by atoms with Crippen LogP contribution in [0.15, 0.2) is 63.6 Å². The zero-order valence-electron chi connectivity index (χ0n) is 11.5. The van der Waals surface area contributed by atoms with E-state index >= 15 is 0 Å². The quantitative estimate of drug-likeness (QED) is 0.745. The Kier molecular flexibility index (Phi) is 3.83. The molecule has 0 unspecified atom stereocenters. The number of amides is 1. The van der Waals surface area contributed by atoms with Crippen molar-refractivity contribution in [1.82, 2.24) is 4.57 Å². The van der Waals surface area contributed by atoms with E-state index in [4.69, 9.17) is 4.42 Å². The molecule has 1 amide bonds. The van der Waals surface area contributed by atoms with Crippen molar-refractivity contribution in [2.24, 2.45) is 4.99 Å². The summed E-state index contributed by atoms with van der Waals surface area (Å²) in [7, 11) is 0. The third kappa shape index (κ3) is 3.03. The second kappa shape index (κ2) is 5.93. The zero-order valence-corrected chi connectivity index (χ0v) is 12.3. The molecule has 21 heavy (non-hydrogen) atoms. The largest absolute Gasteiger partial charge is 0.469 e. The lowest BCUT2D eigenvalue weighted by Crippen LogP contribution is -2.17. The molecule has 3 rings (SSSR count). The molecule has 0 aliphatic heterocycles. The van der Waals surface area contributed by atoms with E-state index in [-0.39, 0.29) is 5.91 Å². The highest BCUT2D eigenvalue weighted by Crippen LogP contribution is 2.10. The molecule has 0 aliphatic rings. The maximum atomic E-state index is 12.2. The number of aromatic nitrogens is 1. The van der Waals surface area contributed by atoms with Crippen LogP contribution in [0.1, 0.15) is 21.7 Å². The highest BCUT2D eigenvalue weighted by atomic mass is 32.1. The van der Waals surface area contributed by atoms with Crippen LogP contribution in [0.4, 0.5) is 0 Å². The molecule has 4 nitrogen and oxygen atoms in total. The zero-order chi connectivity index (χ0) is 14.7. The Labute approximate surface area is 126 Å². The average Bonchev–Trinajstić information content (AvgIpc) is 3.10. The van der Waals surface area contributed by atoms with E-state index in [1.165, 1.54) is 23.2 Å². The predicted molar refractivity (Wildman–Crippen MR) is 81.2 cm³/mol. The van der Waals surface area contributed by atoms with Crippen molar-refractivity contribution in [2.75, 3.05) is 0 Å². The first-order valence-electron chi connectivity index (χ1n) is 6.55. The van der Waals surface area contributed by atoms with Crippen LogP contribution >= 0.6 is 11.3 Å². The van der Waals surface area contributed by atoms with Crippen molar-refractivity contribution in [3.8, 4) is 0 Å². The van der Waals surface area contributed by atoms with Crippen molar-refractivity contribution in [3.05, 3.63) is 75.9 Å². The van der Waals surface area contributed by atoms with Gasteiger partial charge in [0.05, 0.1) is 11.8 Å². The highest BCUT2D eigenvalue weighted by Gasteiger charge is 2.10. The van der Waals surface area contributed by atoms with Crippen molar-refractivity contribution < 1.29 is 9.21 Å². The second-order valence-corrected chi connectivity index (χ2v) is 5.48. The minimum Gasteiger partial charge on any atom is -0.469 e. The summed E-state index contributed by atoms with van der Waals surface area (Å²) in [6.07, 6.45) is 3.44. The van der Waals surface area contributed by atoms with E-state index in [0.717, 1.165) is 0 Å². The summed E-state index contributed by atoms with van der Waals surface area (Å²) in [6, 6.07) is 11.7. The summed E-state index contributed by atoms with van der Waals surface area (Å²) in [5, 5.41) is 1.93. The molecule has 0 aliphatic carbocycles. The third-order valence-corrected chi connectivity index (χ3v) is 3.94. The molecule has 2 heterocycles. The SMILES string of the molecule is Cc1occc1C(=O)N=c1sccn1Cc1ccccc1. The number of hydrogen-bond donors (Lipinski definition) is 0. The number of carbonyl (C=O) groups is 1. The Morgan fingerprint density at radius 2 is 2.10 bits per heavy atom. The fourth-order valence-corrected chi connectivity index (χ4v) is 2.77. The first-order valence-corrected chi connectivity index (χ1v) is 7.43. The Balaban J connectivity index is 1.90. The van der Waals surface area contributed by atoms with Gasteiger partial charge in [-0.25, -0.2) is 0 Å². The molecule has 0 atom stereocenters. The highest BCUT2D eigenvalue weighted by molar-refractivity contribution is 7.07. The number of hydrogen-bond acceptors (Lipinski definition) is 3. The molecular weight excluding hydrogens is 284 g/mol. The Hall–Kier alpha value is -2.40. The summed E-state index contributed by atoms with van der Waals surface area (Å²) >= 11 is 1.45. The Bertz CT molecular complexity index is 812. The van der Waals surface area contributed by atoms with Gasteiger partial charge in [0.2, 0.25) is 0 Å². The maximum absolute atomic E-state index is 12.2. The minimum atomic E-state index is -0.273. The number of nitrogens with zero attached hydrogens (tertiary/aromatic N) is 2. The van der Waals surface area contributed by atoms with Crippen molar-refractivity contribution in [2.45, 2.75) is 13.5 Å². The van der Waals surface area contributed by atoms with Crippen LogP contribution < -0.4 is 4.80 Å². The number of rotatable bonds is 3. The van der Waals surface area contributed by atoms with Gasteiger partial charge in [-0.05, 0) is 18.6 Å². The van der Waals surface area contributed by atoms with Gasteiger partial charge in [0.1, 0.15) is 5.76 Å². The molecule has 0 radical (unpaired) electrons. The molecule has 0 fully saturated rings. The minimum absolute atomic E-state index is 0.273. The molecule has 1 aromatic carbocycles. The first-order chi connectivity index (χ1) is 10.2. The number of thiazole rings is 1. The molecule has 0 spiro atoms. The third-order valence-electron chi connectivity index (χ3n) is 3.14. The van der Waals surface area contributed by atoms with Gasteiger partial charge in [0, 0.05) is 18.1 Å². The van der Waals surface area contributed by atoms with Gasteiger partial charge in [0.25, 0.3) is 5.91 Å². The maximum Gasteiger partial charge on any atom is 0.283 e. The topological polar surface area (TPSA) is 47.5 Å². The van der Waals surface area contributed by atoms with Gasteiger partial charge in [0.15, 0.2) is 4.80 Å². The Morgan fingerprint density at radius 1 is 1.29 bits per heavy atom. The van der Waals surface area contributed by atoms with Gasteiger partial charge < -0.3 is 8.98 Å². The van der Waals surface area contributed by atoms with Crippen molar-refractivity contribution >= 4 is 17.2 Å². The number of carbonyl (C=O) groups excluding carboxylic acids is 1. The average molecular weight is 298 g/mol. The van der Waals surface area contributed by atoms with Crippen LogP contribution in [0.5, 0.6) is 0 Å². The standard InChI is InChI=1S/C16H14N2O2S/c1-12-14(7-9-20-12)15(19)17-16-18(8-10-21-16)11-13-5-3-2-4-6-13/h2-10H,11H2,1H3. The van der Waals surface area contributed by atoms with Gasteiger partial charge in [-0.15, -0.1) is 11.3 Å². The van der Waals surface area contributed by atoms with Crippen LogP contribution in [0.25, 0.3) is 0 Å². The number of furan rings is 1. The summed E-state index contributed by atoms with van der Waals surface area (Å²) in [5.74, 6) is 0.320. The number of benzene rings is 1. The summed E-state index contributed by atoms with van der Waals surface area (Å²) in [5.41, 5.74) is 1.68. The molecule has 0 N–H and O–H groups in total. The number of aryl methyl sites for hydroxylation is 1. The monoisotopic (exact) mass is 298 g/mol. The molecular formula is C16H14N2O2S. The van der Waals surface area contributed by atoms with E-state index < -0.39 is 0 Å². The van der Waals surface area contributed by atoms with E-state index in [0.29, 0.717) is 22.7 Å². The first kappa shape index (κ1) is 13.6. The molecule has 0 saturated carbocycles. The predicted octanol–water partition coefficient (Wildman–Crippen LogP) is 3.24. The van der Waals surface area contributed by atoms with Crippen LogP contribution in [-0.4, -0.2) is 10.5 Å². The molecule has 5 heteroatoms.